The van der Waals surface area contributed by atoms with Crippen LogP contribution in [0.3, 0.4) is 0 Å². The van der Waals surface area contributed by atoms with Gasteiger partial charge in [-0.1, -0.05) is 51.1 Å². The lowest BCUT2D eigenvalue weighted by Gasteiger charge is -2.20. The highest BCUT2D eigenvalue weighted by atomic mass is 32.2. The first kappa shape index (κ1) is 30.3. The molecule has 0 unspecified atom stereocenters. The van der Waals surface area contributed by atoms with Crippen molar-refractivity contribution < 1.29 is 32.5 Å². The summed E-state index contributed by atoms with van der Waals surface area (Å²) in [5, 5.41) is 9.45. The minimum absolute atomic E-state index is 0.00614. The van der Waals surface area contributed by atoms with Crippen molar-refractivity contribution in [1.29, 1.82) is 0 Å². The summed E-state index contributed by atoms with van der Waals surface area (Å²) >= 11 is 0. The number of anilines is 1. The minimum Gasteiger partial charge on any atom is -0.497 e. The fourth-order valence-corrected chi connectivity index (χ4v) is 4.85. The molecule has 1 amide bonds. The third-order valence-corrected chi connectivity index (χ3v) is 7.47. The molecular formula is C30H32N4O7S. The highest BCUT2D eigenvalue weighted by molar-refractivity contribution is 7.92. The van der Waals surface area contributed by atoms with Crippen molar-refractivity contribution in [3.8, 4) is 34.5 Å². The van der Waals surface area contributed by atoms with Gasteiger partial charge in [-0.25, -0.2) is 13.4 Å². The van der Waals surface area contributed by atoms with Gasteiger partial charge in [-0.2, -0.15) is 4.98 Å². The Morgan fingerprint density at radius 1 is 0.976 bits per heavy atom. The molecule has 0 fully saturated rings. The van der Waals surface area contributed by atoms with E-state index in [1.807, 2.05) is 20.8 Å². The molecule has 220 valence electrons. The van der Waals surface area contributed by atoms with Crippen LogP contribution in [0.5, 0.6) is 23.1 Å². The average molecular weight is 593 g/mol. The maximum absolute atomic E-state index is 13.6. The molecule has 0 aliphatic carbocycles. The van der Waals surface area contributed by atoms with Crippen molar-refractivity contribution in [3.05, 3.63) is 83.9 Å². The molecule has 0 bridgehead atoms. The van der Waals surface area contributed by atoms with E-state index in [2.05, 4.69) is 14.7 Å². The number of amides is 1. The van der Waals surface area contributed by atoms with E-state index in [0.717, 1.165) is 5.56 Å². The smallest absolute Gasteiger partial charge is 0.263 e. The first-order valence-electron chi connectivity index (χ1n) is 12.9. The summed E-state index contributed by atoms with van der Waals surface area (Å²) in [6.07, 6.45) is 0. The maximum Gasteiger partial charge on any atom is 0.263 e. The summed E-state index contributed by atoms with van der Waals surface area (Å²) in [5.41, 5.74) is 6.87. The number of carbonyl (C=O) groups excluding carboxylic acids is 1. The standard InChI is InChI=1S/C30H32N4O7S/c1-30(2,3)21-12-14-24(15-13-21)42(37,38)34-28-25(41-23-7-5-6-22(18-23)39-4)29(40-17-16-35)33-27(32-28)20-10-8-19(9-11-20)26(31)36/h5-15,18,35H,16-17H2,1-4H3,(H2,31,36)(H,32,33,34). The number of methoxy groups -OCH3 is 1. The third-order valence-electron chi connectivity index (χ3n) is 6.11. The van der Waals surface area contributed by atoms with Crippen LogP contribution in [0.2, 0.25) is 0 Å². The monoisotopic (exact) mass is 592 g/mol. The molecule has 1 heterocycles. The van der Waals surface area contributed by atoms with E-state index >= 15 is 0 Å². The number of aromatic nitrogens is 2. The number of hydrogen-bond acceptors (Lipinski definition) is 9. The van der Waals surface area contributed by atoms with Crippen LogP contribution < -0.4 is 24.7 Å². The van der Waals surface area contributed by atoms with Gasteiger partial charge >= 0.3 is 0 Å². The fourth-order valence-electron chi connectivity index (χ4n) is 3.85. The zero-order valence-electron chi connectivity index (χ0n) is 23.6. The molecule has 1 aromatic heterocycles. The second-order valence-electron chi connectivity index (χ2n) is 10.2. The molecule has 0 spiro atoms. The van der Waals surface area contributed by atoms with Gasteiger partial charge in [0.25, 0.3) is 15.9 Å². The van der Waals surface area contributed by atoms with Crippen LogP contribution in [0.1, 0.15) is 36.7 Å². The number of benzene rings is 3. The number of nitrogens with zero attached hydrogens (tertiary/aromatic N) is 2. The summed E-state index contributed by atoms with van der Waals surface area (Å²) in [7, 11) is -2.67. The molecule has 0 saturated heterocycles. The van der Waals surface area contributed by atoms with E-state index in [4.69, 9.17) is 19.9 Å². The molecule has 0 saturated carbocycles. The van der Waals surface area contributed by atoms with Crippen LogP contribution in [-0.2, 0) is 15.4 Å². The maximum atomic E-state index is 13.6. The fraction of sp³-hybridized carbons (Fsp3) is 0.233. The van der Waals surface area contributed by atoms with Gasteiger partial charge in [-0.15, -0.1) is 0 Å². The summed E-state index contributed by atoms with van der Waals surface area (Å²) in [5.74, 6) is -0.227. The Kier molecular flexibility index (Phi) is 8.98. The van der Waals surface area contributed by atoms with Crippen molar-refractivity contribution >= 4 is 21.7 Å². The molecule has 0 radical (unpaired) electrons. The molecule has 0 aliphatic heterocycles. The molecule has 0 aliphatic rings. The van der Waals surface area contributed by atoms with Gasteiger partial charge in [0.05, 0.1) is 18.6 Å². The highest BCUT2D eigenvalue weighted by Crippen LogP contribution is 2.40. The van der Waals surface area contributed by atoms with Gasteiger partial charge < -0.3 is 25.1 Å². The van der Waals surface area contributed by atoms with Crippen molar-refractivity contribution in [2.75, 3.05) is 25.0 Å². The zero-order valence-corrected chi connectivity index (χ0v) is 24.4. The first-order valence-corrected chi connectivity index (χ1v) is 14.4. The first-order chi connectivity index (χ1) is 19.9. The van der Waals surface area contributed by atoms with Crippen LogP contribution in [-0.4, -0.2) is 49.7 Å². The Morgan fingerprint density at radius 2 is 1.64 bits per heavy atom. The van der Waals surface area contributed by atoms with Crippen LogP contribution >= 0.6 is 0 Å². The number of rotatable bonds is 11. The Morgan fingerprint density at radius 3 is 2.24 bits per heavy atom. The molecule has 11 nitrogen and oxygen atoms in total. The lowest BCUT2D eigenvalue weighted by atomic mass is 9.87. The largest absolute Gasteiger partial charge is 0.497 e. The number of sulfonamides is 1. The average Bonchev–Trinajstić information content (AvgIpc) is 2.96. The van der Waals surface area contributed by atoms with Crippen LogP contribution in [0.15, 0.2) is 77.7 Å². The molecule has 0 atom stereocenters. The number of ether oxygens (including phenoxy) is 3. The lowest BCUT2D eigenvalue weighted by Crippen LogP contribution is -2.17. The summed E-state index contributed by atoms with van der Waals surface area (Å²) in [6.45, 7) is 5.59. The van der Waals surface area contributed by atoms with E-state index in [0.29, 0.717) is 17.1 Å². The Balaban J connectivity index is 1.85. The second kappa shape index (κ2) is 12.5. The SMILES string of the molecule is COc1cccc(Oc2c(NS(=O)(=O)c3ccc(C(C)(C)C)cc3)nc(-c3ccc(C(N)=O)cc3)nc2OCCO)c1. The molecule has 42 heavy (non-hydrogen) atoms. The van der Waals surface area contributed by atoms with Crippen LogP contribution in [0.4, 0.5) is 5.82 Å². The Bertz CT molecular complexity index is 1670. The number of aliphatic hydroxyl groups excluding tert-OH is 1. The van der Waals surface area contributed by atoms with Gasteiger partial charge in [-0.05, 0) is 47.4 Å². The zero-order chi connectivity index (χ0) is 30.5. The predicted molar refractivity (Wildman–Crippen MR) is 158 cm³/mol. The summed E-state index contributed by atoms with van der Waals surface area (Å²) in [6, 6.07) is 19.3. The summed E-state index contributed by atoms with van der Waals surface area (Å²) < 4.78 is 46.7. The molecule has 12 heteroatoms. The number of nitrogens with one attached hydrogen (secondary N) is 1. The van der Waals surface area contributed by atoms with E-state index in [1.165, 1.54) is 31.4 Å². The van der Waals surface area contributed by atoms with Gasteiger partial charge in [-0.3, -0.25) is 9.52 Å². The van der Waals surface area contributed by atoms with Gasteiger partial charge in [0.1, 0.15) is 18.1 Å². The normalized spacial score (nSPS) is 11.5. The number of nitrogens with two attached hydrogens (primary N) is 1. The topological polar surface area (TPSA) is 163 Å². The lowest BCUT2D eigenvalue weighted by molar-refractivity contribution is 0.1000. The van der Waals surface area contributed by atoms with Gasteiger partial charge in [0, 0.05) is 17.2 Å². The van der Waals surface area contributed by atoms with Crippen molar-refractivity contribution in [1.82, 2.24) is 9.97 Å². The molecule has 4 N–H and O–H groups in total. The number of aliphatic hydroxyl groups is 1. The Labute approximate surface area is 244 Å². The molecular weight excluding hydrogens is 560 g/mol. The second-order valence-corrected chi connectivity index (χ2v) is 11.9. The van der Waals surface area contributed by atoms with E-state index in [9.17, 15) is 18.3 Å². The van der Waals surface area contributed by atoms with E-state index in [1.54, 1.807) is 48.5 Å². The quantitative estimate of drug-likeness (QED) is 0.227. The van der Waals surface area contributed by atoms with Crippen molar-refractivity contribution in [2.24, 2.45) is 5.73 Å². The number of carbonyl (C=O) groups is 1. The van der Waals surface area contributed by atoms with Crippen molar-refractivity contribution in [3.63, 3.8) is 0 Å². The minimum atomic E-state index is -4.17. The number of hydrogen-bond donors (Lipinski definition) is 3. The van der Waals surface area contributed by atoms with Gasteiger partial charge in [0.15, 0.2) is 11.6 Å². The predicted octanol–water partition coefficient (Wildman–Crippen LogP) is 4.51. The third kappa shape index (κ3) is 7.14. The molecule has 4 rings (SSSR count). The van der Waals surface area contributed by atoms with Gasteiger partial charge in [0.2, 0.25) is 11.7 Å². The Hall–Kier alpha value is -4.68. The van der Waals surface area contributed by atoms with E-state index in [-0.39, 0.29) is 52.4 Å². The highest BCUT2D eigenvalue weighted by Gasteiger charge is 2.25. The van der Waals surface area contributed by atoms with Crippen LogP contribution in [0, 0.1) is 0 Å². The van der Waals surface area contributed by atoms with Crippen molar-refractivity contribution in [2.45, 2.75) is 31.1 Å². The molecule has 4 aromatic rings. The molecule has 3 aromatic carbocycles. The summed E-state index contributed by atoms with van der Waals surface area (Å²) in [4.78, 5) is 20.5. The van der Waals surface area contributed by atoms with Crippen LogP contribution in [0.25, 0.3) is 11.4 Å². The van der Waals surface area contributed by atoms with E-state index < -0.39 is 15.9 Å². The number of primary amides is 1.